The first-order valence-corrected chi connectivity index (χ1v) is 8.41. The van der Waals surface area contributed by atoms with E-state index in [1.54, 1.807) is 7.11 Å². The average molecular weight is 344 g/mol. The van der Waals surface area contributed by atoms with Gasteiger partial charge in [-0.05, 0) is 31.4 Å². The molecule has 8 heteroatoms. The van der Waals surface area contributed by atoms with Crippen molar-refractivity contribution in [2.75, 3.05) is 30.8 Å². The Morgan fingerprint density at radius 1 is 1.44 bits per heavy atom. The van der Waals surface area contributed by atoms with Crippen LogP contribution in [0.4, 0.5) is 11.9 Å². The van der Waals surface area contributed by atoms with Crippen molar-refractivity contribution in [3.63, 3.8) is 0 Å². The number of aromatic nitrogens is 3. The fraction of sp³-hybridized carbons (Fsp3) is 0.471. The Kier molecular flexibility index (Phi) is 5.06. The molecule has 4 N–H and O–H groups in total. The first kappa shape index (κ1) is 17.1. The summed E-state index contributed by atoms with van der Waals surface area (Å²) in [6.07, 6.45) is 1.55. The number of anilines is 2. The molecule has 1 aromatic carbocycles. The number of nitrogens with two attached hydrogens (primary N) is 1. The van der Waals surface area contributed by atoms with Gasteiger partial charge in [-0.3, -0.25) is 4.79 Å². The van der Waals surface area contributed by atoms with Crippen LogP contribution in [0.3, 0.4) is 0 Å². The molecular weight excluding hydrogens is 320 g/mol. The molecule has 0 spiro atoms. The second-order valence-electron chi connectivity index (χ2n) is 6.31. The minimum atomic E-state index is 0.00737. The largest absolute Gasteiger partial charge is 0.496 e. The molecule has 1 aliphatic rings. The smallest absolute Gasteiger partial charge is 0.241 e. The van der Waals surface area contributed by atoms with Crippen molar-refractivity contribution in [1.82, 2.24) is 20.5 Å². The highest BCUT2D eigenvalue weighted by molar-refractivity contribution is 5.79. The topological polar surface area (TPSA) is 109 Å². The fourth-order valence-electron chi connectivity index (χ4n) is 3.09. The molecule has 2 aromatic rings. The second-order valence-corrected chi connectivity index (χ2v) is 6.31. The van der Waals surface area contributed by atoms with Crippen LogP contribution in [0.5, 0.6) is 5.75 Å². The van der Waals surface area contributed by atoms with E-state index < -0.39 is 0 Å². The number of piperidine rings is 1. The number of nitrogen functional groups attached to an aromatic ring is 1. The summed E-state index contributed by atoms with van der Waals surface area (Å²) in [5.41, 5.74) is 7.65. The van der Waals surface area contributed by atoms with Crippen LogP contribution < -0.4 is 20.7 Å². The van der Waals surface area contributed by atoms with Crippen molar-refractivity contribution in [2.45, 2.75) is 26.3 Å². The molecule has 0 atom stereocenters. The second kappa shape index (κ2) is 7.42. The molecule has 3 rings (SSSR count). The number of benzene rings is 1. The van der Waals surface area contributed by atoms with Crippen LogP contribution in [0, 0.1) is 12.8 Å². The van der Waals surface area contributed by atoms with Gasteiger partial charge in [0.25, 0.3) is 0 Å². The molecule has 8 nitrogen and oxygen atoms in total. The van der Waals surface area contributed by atoms with Crippen LogP contribution in [0.25, 0.3) is 0 Å². The van der Waals surface area contributed by atoms with E-state index in [2.05, 4.69) is 25.4 Å². The third kappa shape index (κ3) is 4.01. The highest BCUT2D eigenvalue weighted by Crippen LogP contribution is 2.22. The number of nitrogens with one attached hydrogen (secondary N) is 2. The van der Waals surface area contributed by atoms with E-state index in [0.29, 0.717) is 12.5 Å². The first-order chi connectivity index (χ1) is 12.1. The van der Waals surface area contributed by atoms with Gasteiger partial charge >= 0.3 is 0 Å². The number of H-pyrrole nitrogens is 1. The summed E-state index contributed by atoms with van der Waals surface area (Å²) in [7, 11) is 1.64. The van der Waals surface area contributed by atoms with Crippen molar-refractivity contribution in [1.29, 1.82) is 0 Å². The zero-order valence-corrected chi connectivity index (χ0v) is 14.6. The average Bonchev–Trinajstić information content (AvgIpc) is 3.06. The van der Waals surface area contributed by atoms with Crippen LogP contribution in [0.1, 0.15) is 24.0 Å². The van der Waals surface area contributed by atoms with E-state index in [1.807, 2.05) is 25.1 Å². The lowest BCUT2D eigenvalue weighted by Gasteiger charge is -2.30. The van der Waals surface area contributed by atoms with Gasteiger partial charge in [0.2, 0.25) is 17.8 Å². The summed E-state index contributed by atoms with van der Waals surface area (Å²) in [5.74, 6) is 1.80. The van der Waals surface area contributed by atoms with Gasteiger partial charge in [-0.1, -0.05) is 12.1 Å². The molecule has 0 bridgehead atoms. The van der Waals surface area contributed by atoms with Crippen LogP contribution >= 0.6 is 0 Å². The molecule has 0 saturated carbocycles. The molecule has 0 unspecified atom stereocenters. The Morgan fingerprint density at radius 2 is 2.20 bits per heavy atom. The minimum absolute atomic E-state index is 0.00737. The van der Waals surface area contributed by atoms with Crippen LogP contribution in [-0.4, -0.2) is 41.3 Å². The number of amides is 1. The van der Waals surface area contributed by atoms with E-state index in [-0.39, 0.29) is 17.8 Å². The highest BCUT2D eigenvalue weighted by Gasteiger charge is 2.26. The Hall–Kier alpha value is -2.77. The van der Waals surface area contributed by atoms with Gasteiger partial charge in [0.15, 0.2) is 0 Å². The maximum absolute atomic E-state index is 12.5. The molecule has 25 heavy (non-hydrogen) atoms. The van der Waals surface area contributed by atoms with Crippen molar-refractivity contribution < 1.29 is 9.53 Å². The standard InChI is InChI=1S/C17H24N6O2/c1-11-3-4-13(14(9-11)25-2)10-19-15(24)12-5-7-23(8-6-12)17-20-16(18)21-22-17/h3-4,9,12H,5-8,10H2,1-2H3,(H,19,24)(H3,18,20,21,22). The number of nitrogens with zero attached hydrogens (tertiary/aromatic N) is 3. The normalized spacial score (nSPS) is 15.2. The van der Waals surface area contributed by atoms with Gasteiger partial charge in [0, 0.05) is 31.1 Å². The number of ether oxygens (including phenoxy) is 1. The molecule has 1 aromatic heterocycles. The number of carbonyl (C=O) groups excluding carboxylic acids is 1. The lowest BCUT2D eigenvalue weighted by molar-refractivity contribution is -0.125. The SMILES string of the molecule is COc1cc(C)ccc1CNC(=O)C1CCN(c2nc(N)n[nH]2)CC1. The minimum Gasteiger partial charge on any atom is -0.496 e. The number of aromatic amines is 1. The monoisotopic (exact) mass is 344 g/mol. The number of hydrogen-bond acceptors (Lipinski definition) is 6. The van der Waals surface area contributed by atoms with Crippen LogP contribution in [0.2, 0.25) is 0 Å². The molecule has 134 valence electrons. The first-order valence-electron chi connectivity index (χ1n) is 8.41. The van der Waals surface area contributed by atoms with E-state index in [9.17, 15) is 4.79 Å². The van der Waals surface area contributed by atoms with Crippen molar-refractivity contribution in [3.8, 4) is 5.75 Å². The Balaban J connectivity index is 1.51. The van der Waals surface area contributed by atoms with E-state index in [4.69, 9.17) is 10.5 Å². The molecule has 1 saturated heterocycles. The third-order valence-electron chi connectivity index (χ3n) is 4.55. The summed E-state index contributed by atoms with van der Waals surface area (Å²) < 4.78 is 5.38. The van der Waals surface area contributed by atoms with Gasteiger partial charge in [-0.2, -0.15) is 4.98 Å². The molecule has 2 heterocycles. The van der Waals surface area contributed by atoms with Crippen LogP contribution in [-0.2, 0) is 11.3 Å². The van der Waals surface area contributed by atoms with Crippen LogP contribution in [0.15, 0.2) is 18.2 Å². The lowest BCUT2D eigenvalue weighted by Crippen LogP contribution is -2.40. The highest BCUT2D eigenvalue weighted by atomic mass is 16.5. The van der Waals surface area contributed by atoms with Crippen molar-refractivity contribution >= 4 is 17.8 Å². The summed E-state index contributed by atoms with van der Waals surface area (Å²) >= 11 is 0. The number of rotatable bonds is 5. The summed E-state index contributed by atoms with van der Waals surface area (Å²) in [6.45, 7) is 3.99. The third-order valence-corrected chi connectivity index (χ3v) is 4.55. The van der Waals surface area contributed by atoms with Gasteiger partial charge in [0.1, 0.15) is 5.75 Å². The predicted octanol–water partition coefficient (Wildman–Crippen LogP) is 1.24. The summed E-state index contributed by atoms with van der Waals surface area (Å²) in [4.78, 5) is 18.7. The quantitative estimate of drug-likeness (QED) is 0.753. The maximum Gasteiger partial charge on any atom is 0.241 e. The Labute approximate surface area is 146 Å². The number of methoxy groups -OCH3 is 1. The molecular formula is C17H24N6O2. The van der Waals surface area contributed by atoms with E-state index in [1.165, 1.54) is 0 Å². The number of aryl methyl sites for hydroxylation is 1. The predicted molar refractivity (Wildman–Crippen MR) is 95.3 cm³/mol. The Morgan fingerprint density at radius 3 is 2.84 bits per heavy atom. The maximum atomic E-state index is 12.5. The van der Waals surface area contributed by atoms with Gasteiger partial charge in [-0.25, -0.2) is 5.10 Å². The Bertz CT molecular complexity index is 736. The van der Waals surface area contributed by atoms with Gasteiger partial charge < -0.3 is 20.7 Å². The van der Waals surface area contributed by atoms with Crippen molar-refractivity contribution in [2.24, 2.45) is 5.92 Å². The number of carbonyl (C=O) groups is 1. The molecule has 0 radical (unpaired) electrons. The molecule has 1 amide bonds. The zero-order chi connectivity index (χ0) is 17.8. The van der Waals surface area contributed by atoms with Crippen molar-refractivity contribution in [3.05, 3.63) is 29.3 Å². The number of hydrogen-bond donors (Lipinski definition) is 3. The summed E-state index contributed by atoms with van der Waals surface area (Å²) in [5, 5.41) is 9.68. The summed E-state index contributed by atoms with van der Waals surface area (Å²) in [6, 6.07) is 5.99. The van der Waals surface area contributed by atoms with Gasteiger partial charge in [0.05, 0.1) is 7.11 Å². The van der Waals surface area contributed by atoms with Gasteiger partial charge in [-0.15, -0.1) is 5.10 Å². The lowest BCUT2D eigenvalue weighted by atomic mass is 9.96. The molecule has 0 aliphatic carbocycles. The zero-order valence-electron chi connectivity index (χ0n) is 14.6. The molecule has 1 aliphatic heterocycles. The van der Waals surface area contributed by atoms with E-state index >= 15 is 0 Å². The van der Waals surface area contributed by atoms with E-state index in [0.717, 1.165) is 42.8 Å². The molecule has 1 fully saturated rings. The fourth-order valence-corrected chi connectivity index (χ4v) is 3.09.